The number of nitrogens with one attached hydrogen (secondary N) is 2. The lowest BCUT2D eigenvalue weighted by atomic mass is 10.0. The number of amides is 1. The number of hydrogen-bond donors (Lipinski definition) is 2. The fourth-order valence-electron chi connectivity index (χ4n) is 4.19. The van der Waals surface area contributed by atoms with Crippen LogP contribution in [0.4, 0.5) is 22.2 Å². The second-order valence-electron chi connectivity index (χ2n) is 10.3. The Balaban J connectivity index is 1.82. The van der Waals surface area contributed by atoms with E-state index in [4.69, 9.17) is 14.5 Å². The number of carbonyl (C=O) groups is 2. The van der Waals surface area contributed by atoms with Gasteiger partial charge in [0, 0.05) is 39.1 Å². The Morgan fingerprint density at radius 2 is 1.74 bits per heavy atom. The summed E-state index contributed by atoms with van der Waals surface area (Å²) >= 11 is 0. The van der Waals surface area contributed by atoms with Crippen LogP contribution >= 0.6 is 0 Å². The quantitative estimate of drug-likeness (QED) is 0.402. The molecule has 1 aliphatic rings. The van der Waals surface area contributed by atoms with E-state index < -0.39 is 11.6 Å². The van der Waals surface area contributed by atoms with E-state index in [0.717, 1.165) is 44.6 Å². The fraction of sp³-hybridized carbons (Fsp3) is 0.571. The van der Waals surface area contributed by atoms with E-state index in [1.165, 1.54) is 0 Å². The Kier molecular flexibility index (Phi) is 10.2. The molecule has 3 rings (SSSR count). The zero-order chi connectivity index (χ0) is 27.7. The highest BCUT2D eigenvalue weighted by atomic mass is 16.6. The van der Waals surface area contributed by atoms with Gasteiger partial charge in [-0.2, -0.15) is 4.98 Å². The van der Waals surface area contributed by atoms with E-state index in [0.29, 0.717) is 36.2 Å². The van der Waals surface area contributed by atoms with Crippen LogP contribution < -0.4 is 20.3 Å². The topological polar surface area (TPSA) is 109 Å². The van der Waals surface area contributed by atoms with Crippen molar-refractivity contribution in [3.05, 3.63) is 36.0 Å². The first kappa shape index (κ1) is 29.0. The molecule has 10 nitrogen and oxygen atoms in total. The molecule has 1 unspecified atom stereocenters. The van der Waals surface area contributed by atoms with E-state index >= 15 is 0 Å². The molecule has 1 atom stereocenters. The van der Waals surface area contributed by atoms with Crippen molar-refractivity contribution >= 4 is 29.5 Å². The van der Waals surface area contributed by atoms with Gasteiger partial charge < -0.3 is 29.9 Å². The van der Waals surface area contributed by atoms with Gasteiger partial charge in [0.05, 0.1) is 11.9 Å². The molecule has 2 aromatic rings. The minimum atomic E-state index is -0.705. The second kappa shape index (κ2) is 13.3. The summed E-state index contributed by atoms with van der Waals surface area (Å²) in [6, 6.07) is 6.52. The largest absolute Gasteiger partial charge is 0.458 e. The highest BCUT2D eigenvalue weighted by Gasteiger charge is 2.27. The number of benzene rings is 1. The lowest BCUT2D eigenvalue weighted by molar-refractivity contribution is -0.155. The fourth-order valence-corrected chi connectivity index (χ4v) is 4.19. The molecule has 0 radical (unpaired) electrons. The highest BCUT2D eigenvalue weighted by Crippen LogP contribution is 2.25. The van der Waals surface area contributed by atoms with Crippen molar-refractivity contribution in [3.8, 4) is 5.75 Å². The third kappa shape index (κ3) is 8.22. The summed E-state index contributed by atoms with van der Waals surface area (Å²) in [5.74, 6) is 1.22. The number of ether oxygens (including phenoxy) is 2. The molecule has 38 heavy (non-hydrogen) atoms. The maximum Gasteiger partial charge on any atom is 0.415 e. The average Bonchev–Trinajstić information content (AvgIpc) is 3.41. The number of carbonyl (C=O) groups excluding carboxylic acids is 2. The molecule has 0 spiro atoms. The van der Waals surface area contributed by atoms with Gasteiger partial charge in [0.15, 0.2) is 5.82 Å². The van der Waals surface area contributed by atoms with Crippen LogP contribution in [0.3, 0.4) is 0 Å². The summed E-state index contributed by atoms with van der Waals surface area (Å²) in [5.41, 5.74) is 0.950. The summed E-state index contributed by atoms with van der Waals surface area (Å²) in [6.45, 7) is 15.3. The monoisotopic (exact) mass is 526 g/mol. The summed E-state index contributed by atoms with van der Waals surface area (Å²) in [4.78, 5) is 38.6. The summed E-state index contributed by atoms with van der Waals surface area (Å²) in [7, 11) is 0. The van der Waals surface area contributed by atoms with Crippen LogP contribution in [0.2, 0.25) is 0 Å². The molecule has 1 saturated heterocycles. The molecule has 1 aromatic heterocycles. The van der Waals surface area contributed by atoms with Gasteiger partial charge in [-0.25, -0.2) is 14.6 Å². The van der Waals surface area contributed by atoms with Crippen molar-refractivity contribution in [2.75, 3.05) is 48.3 Å². The number of hydrogen-bond acceptors (Lipinski definition) is 9. The van der Waals surface area contributed by atoms with Gasteiger partial charge in [0.2, 0.25) is 5.95 Å². The van der Waals surface area contributed by atoms with Gasteiger partial charge in [-0.15, -0.1) is 0 Å². The van der Waals surface area contributed by atoms with Crippen LogP contribution in [0.25, 0.3) is 0 Å². The van der Waals surface area contributed by atoms with E-state index in [2.05, 4.69) is 15.6 Å². The number of esters is 1. The Hall–Kier alpha value is -3.56. The molecule has 1 amide bonds. The summed E-state index contributed by atoms with van der Waals surface area (Å²) in [6.07, 6.45) is 3.77. The maximum atomic E-state index is 13.3. The van der Waals surface area contributed by atoms with E-state index in [9.17, 15) is 9.59 Å². The third-order valence-electron chi connectivity index (χ3n) is 6.12. The van der Waals surface area contributed by atoms with Crippen molar-refractivity contribution in [3.63, 3.8) is 0 Å². The first-order valence-corrected chi connectivity index (χ1v) is 13.5. The maximum absolute atomic E-state index is 13.3. The second-order valence-corrected chi connectivity index (χ2v) is 10.3. The van der Waals surface area contributed by atoms with Crippen LogP contribution in [-0.2, 0) is 16.0 Å². The molecule has 0 bridgehead atoms. The molecule has 1 fully saturated rings. The van der Waals surface area contributed by atoms with Crippen LogP contribution in [0.15, 0.2) is 30.5 Å². The number of anilines is 3. The van der Waals surface area contributed by atoms with Crippen molar-refractivity contribution in [1.29, 1.82) is 0 Å². The highest BCUT2D eigenvalue weighted by molar-refractivity contribution is 5.81. The number of likely N-dealkylation sites (tertiary alicyclic amines) is 1. The minimum absolute atomic E-state index is 0.327. The molecule has 1 aliphatic heterocycles. The van der Waals surface area contributed by atoms with Crippen molar-refractivity contribution < 1.29 is 19.1 Å². The smallest absolute Gasteiger partial charge is 0.415 e. The molecular formula is C28H42N6O4. The normalized spacial score (nSPS) is 14.1. The third-order valence-corrected chi connectivity index (χ3v) is 6.12. The van der Waals surface area contributed by atoms with Crippen LogP contribution in [0.1, 0.15) is 59.9 Å². The number of nitrogens with zero attached hydrogens (tertiary/aromatic N) is 4. The standard InChI is InChI=1S/C28H42N6O4/c1-7-29-23-19-30-26(33(8-2)9-3)32-24(23)31-22(25(35)38-28(4,5)6)18-20-12-14-21(15-13-20)37-27(36)34-16-10-11-17-34/h12-15,19,22,29H,7-11,16-18H2,1-6H3,(H,30,31,32). The average molecular weight is 527 g/mol. The van der Waals surface area contributed by atoms with Crippen LogP contribution in [0, 0.1) is 0 Å². The molecule has 208 valence electrons. The van der Waals surface area contributed by atoms with Gasteiger partial charge >= 0.3 is 12.1 Å². The van der Waals surface area contributed by atoms with Gasteiger partial charge in [0.25, 0.3) is 0 Å². The number of rotatable bonds is 11. The van der Waals surface area contributed by atoms with Crippen molar-refractivity contribution in [2.24, 2.45) is 0 Å². The van der Waals surface area contributed by atoms with E-state index in [-0.39, 0.29) is 12.1 Å². The Labute approximate surface area is 226 Å². The van der Waals surface area contributed by atoms with Crippen molar-refractivity contribution in [2.45, 2.75) is 72.4 Å². The molecule has 10 heteroatoms. The predicted octanol–water partition coefficient (Wildman–Crippen LogP) is 4.71. The van der Waals surface area contributed by atoms with Gasteiger partial charge in [-0.1, -0.05) is 12.1 Å². The molecule has 2 N–H and O–H groups in total. The van der Waals surface area contributed by atoms with Gasteiger partial charge in [-0.3, -0.25) is 0 Å². The molecule has 0 aliphatic carbocycles. The zero-order valence-corrected chi connectivity index (χ0v) is 23.5. The molecule has 0 saturated carbocycles. The van der Waals surface area contributed by atoms with Crippen LogP contribution in [-0.4, -0.2) is 71.3 Å². The van der Waals surface area contributed by atoms with Crippen LogP contribution in [0.5, 0.6) is 5.75 Å². The lowest BCUT2D eigenvalue weighted by Crippen LogP contribution is -2.38. The molecule has 1 aromatic carbocycles. The Bertz CT molecular complexity index is 1060. The van der Waals surface area contributed by atoms with Gasteiger partial charge in [0.1, 0.15) is 17.4 Å². The van der Waals surface area contributed by atoms with E-state index in [1.807, 2.05) is 58.6 Å². The predicted molar refractivity (Wildman–Crippen MR) is 150 cm³/mol. The first-order chi connectivity index (χ1) is 18.1. The Morgan fingerprint density at radius 3 is 2.32 bits per heavy atom. The first-order valence-electron chi connectivity index (χ1n) is 13.5. The summed E-state index contributed by atoms with van der Waals surface area (Å²) < 4.78 is 11.3. The number of aromatic nitrogens is 2. The van der Waals surface area contributed by atoms with E-state index in [1.54, 1.807) is 23.2 Å². The SMILES string of the molecule is CCNc1cnc(N(CC)CC)nc1NC(Cc1ccc(OC(=O)N2CCCC2)cc1)C(=O)OC(C)(C)C. The van der Waals surface area contributed by atoms with Crippen molar-refractivity contribution in [1.82, 2.24) is 14.9 Å². The Morgan fingerprint density at radius 1 is 1.08 bits per heavy atom. The summed E-state index contributed by atoms with van der Waals surface area (Å²) in [5, 5.41) is 6.60. The lowest BCUT2D eigenvalue weighted by Gasteiger charge is -2.26. The molecule has 2 heterocycles. The zero-order valence-electron chi connectivity index (χ0n) is 23.5. The minimum Gasteiger partial charge on any atom is -0.458 e. The van der Waals surface area contributed by atoms with Gasteiger partial charge in [-0.05, 0) is 72.1 Å². The molecular weight excluding hydrogens is 484 g/mol.